The standard InChI is InChI=1S/C16H24N2OSi/c1-5-20(6-2,7-3)16(18-17)15(19)13(4)14-11-9-8-10-12-14/h8-13H,5-7H2,1-4H3. The summed E-state index contributed by atoms with van der Waals surface area (Å²) in [7, 11) is -1.96. The fourth-order valence-electron chi connectivity index (χ4n) is 2.77. The second kappa shape index (κ2) is 7.32. The van der Waals surface area contributed by atoms with Crippen LogP contribution in [0.1, 0.15) is 39.2 Å². The van der Waals surface area contributed by atoms with Gasteiger partial charge >= 0.3 is 5.33 Å². The molecule has 0 saturated carbocycles. The van der Waals surface area contributed by atoms with E-state index in [9.17, 15) is 10.3 Å². The summed E-state index contributed by atoms with van der Waals surface area (Å²) in [4.78, 5) is 16.2. The molecule has 4 heteroatoms. The third kappa shape index (κ3) is 3.14. The van der Waals surface area contributed by atoms with Gasteiger partial charge < -0.3 is 5.53 Å². The third-order valence-corrected chi connectivity index (χ3v) is 9.97. The Labute approximate surface area is 122 Å². The first-order chi connectivity index (χ1) is 9.56. The van der Waals surface area contributed by atoms with E-state index in [1.807, 2.05) is 37.3 Å². The van der Waals surface area contributed by atoms with Crippen LogP contribution in [-0.4, -0.2) is 24.0 Å². The molecule has 0 fully saturated rings. The van der Waals surface area contributed by atoms with Crippen LogP contribution in [0.3, 0.4) is 0 Å². The SMILES string of the molecule is CC[Si](CC)(CC)C(=[N+]=[N-])C(=O)C(C)c1ccccc1. The van der Waals surface area contributed by atoms with Gasteiger partial charge in [-0.3, -0.25) is 4.79 Å². The molecule has 20 heavy (non-hydrogen) atoms. The lowest BCUT2D eigenvalue weighted by atomic mass is 9.97. The predicted octanol–water partition coefficient (Wildman–Crippen LogP) is 4.08. The van der Waals surface area contributed by atoms with Gasteiger partial charge in [-0.1, -0.05) is 58.0 Å². The first-order valence-corrected chi connectivity index (χ1v) is 10.00. The molecular formula is C16H24N2OSi. The summed E-state index contributed by atoms with van der Waals surface area (Å²) in [6.07, 6.45) is 0. The second-order valence-electron chi connectivity index (χ2n) is 5.29. The van der Waals surface area contributed by atoms with E-state index in [-0.39, 0.29) is 11.7 Å². The van der Waals surface area contributed by atoms with Gasteiger partial charge in [-0.05, 0) is 23.7 Å². The van der Waals surface area contributed by atoms with E-state index in [4.69, 9.17) is 0 Å². The minimum atomic E-state index is -1.96. The number of hydrogen-bond donors (Lipinski definition) is 0. The summed E-state index contributed by atoms with van der Waals surface area (Å²) >= 11 is 0. The Morgan fingerprint density at radius 3 is 2.05 bits per heavy atom. The predicted molar refractivity (Wildman–Crippen MR) is 85.7 cm³/mol. The Morgan fingerprint density at radius 1 is 1.15 bits per heavy atom. The van der Waals surface area contributed by atoms with E-state index in [0.29, 0.717) is 5.33 Å². The quantitative estimate of drug-likeness (QED) is 0.323. The molecule has 1 rings (SSSR count). The minimum Gasteiger partial charge on any atom is -0.362 e. The molecule has 0 aromatic heterocycles. The molecule has 1 aromatic rings. The first-order valence-electron chi connectivity index (χ1n) is 7.38. The van der Waals surface area contributed by atoms with Crippen molar-refractivity contribution >= 4 is 19.2 Å². The Bertz CT molecular complexity index is 494. The number of nitrogens with zero attached hydrogens (tertiary/aromatic N) is 2. The molecule has 0 bridgehead atoms. The molecule has 0 N–H and O–H groups in total. The van der Waals surface area contributed by atoms with E-state index in [1.165, 1.54) is 0 Å². The van der Waals surface area contributed by atoms with Crippen molar-refractivity contribution in [2.75, 3.05) is 0 Å². The number of Topliss-reactive ketones (excluding diaryl/α,β-unsaturated/α-hetero) is 1. The molecule has 1 unspecified atom stereocenters. The van der Waals surface area contributed by atoms with Crippen molar-refractivity contribution in [1.29, 1.82) is 0 Å². The van der Waals surface area contributed by atoms with Gasteiger partial charge in [0.1, 0.15) is 0 Å². The van der Waals surface area contributed by atoms with Crippen LogP contribution in [0, 0.1) is 0 Å². The number of ketones is 1. The van der Waals surface area contributed by atoms with E-state index in [1.54, 1.807) is 0 Å². The maximum Gasteiger partial charge on any atom is 0.301 e. The van der Waals surface area contributed by atoms with Gasteiger partial charge in [0.15, 0.2) is 8.07 Å². The number of rotatable bonds is 7. The van der Waals surface area contributed by atoms with E-state index in [0.717, 1.165) is 23.7 Å². The molecule has 1 aromatic carbocycles. The largest absolute Gasteiger partial charge is 0.362 e. The fraction of sp³-hybridized carbons (Fsp3) is 0.500. The minimum absolute atomic E-state index is 0.0177. The lowest BCUT2D eigenvalue weighted by Crippen LogP contribution is -2.48. The van der Waals surface area contributed by atoms with Crippen LogP contribution < -0.4 is 0 Å². The fourth-order valence-corrected chi connectivity index (χ4v) is 6.22. The number of carbonyl (C=O) groups excluding carboxylic acids is 1. The Hall–Kier alpha value is -1.51. The van der Waals surface area contributed by atoms with Crippen LogP contribution in [0.2, 0.25) is 18.1 Å². The zero-order valence-corrected chi connectivity index (χ0v) is 13.9. The third-order valence-electron chi connectivity index (χ3n) is 4.56. The van der Waals surface area contributed by atoms with Crippen LogP contribution in [0.15, 0.2) is 30.3 Å². The van der Waals surface area contributed by atoms with Crippen LogP contribution in [0.25, 0.3) is 5.53 Å². The number of benzene rings is 1. The molecule has 0 aliphatic rings. The number of hydrogen-bond acceptors (Lipinski definition) is 1. The summed E-state index contributed by atoms with van der Waals surface area (Å²) in [5.41, 5.74) is 10.4. The van der Waals surface area contributed by atoms with E-state index >= 15 is 0 Å². The van der Waals surface area contributed by atoms with Gasteiger partial charge in [0.25, 0.3) is 0 Å². The van der Waals surface area contributed by atoms with Crippen molar-refractivity contribution < 1.29 is 9.58 Å². The van der Waals surface area contributed by atoms with Crippen molar-refractivity contribution in [1.82, 2.24) is 0 Å². The lowest BCUT2D eigenvalue weighted by molar-refractivity contribution is -0.117. The summed E-state index contributed by atoms with van der Waals surface area (Å²) < 4.78 is 0. The highest BCUT2D eigenvalue weighted by Gasteiger charge is 2.46. The van der Waals surface area contributed by atoms with Gasteiger partial charge in [0, 0.05) is 0 Å². The second-order valence-corrected chi connectivity index (χ2v) is 10.4. The molecule has 0 amide bonds. The first kappa shape index (κ1) is 16.5. The molecular weight excluding hydrogens is 264 g/mol. The Morgan fingerprint density at radius 2 is 1.65 bits per heavy atom. The molecule has 0 spiro atoms. The number of carbonyl (C=O) groups is 1. The van der Waals surface area contributed by atoms with Crippen LogP contribution in [0.5, 0.6) is 0 Å². The van der Waals surface area contributed by atoms with Gasteiger partial charge in [0.2, 0.25) is 5.78 Å². The van der Waals surface area contributed by atoms with Gasteiger partial charge in [-0.15, -0.1) is 0 Å². The molecule has 3 nitrogen and oxygen atoms in total. The smallest absolute Gasteiger partial charge is 0.301 e. The van der Waals surface area contributed by atoms with Gasteiger partial charge in [0.05, 0.1) is 5.92 Å². The summed E-state index contributed by atoms with van der Waals surface area (Å²) in [5, 5.41) is 0.460. The van der Waals surface area contributed by atoms with Crippen LogP contribution >= 0.6 is 0 Å². The van der Waals surface area contributed by atoms with E-state index in [2.05, 4.69) is 25.6 Å². The molecule has 1 atom stereocenters. The van der Waals surface area contributed by atoms with E-state index < -0.39 is 8.07 Å². The topological polar surface area (TPSA) is 53.5 Å². The maximum absolute atomic E-state index is 12.7. The highest BCUT2D eigenvalue weighted by atomic mass is 28.3. The highest BCUT2D eigenvalue weighted by molar-refractivity contribution is 7.13. The molecule has 0 aliphatic carbocycles. The summed E-state index contributed by atoms with van der Waals surface area (Å²) in [5.74, 6) is -0.269. The maximum atomic E-state index is 12.7. The Kier molecular flexibility index (Phi) is 6.05. The van der Waals surface area contributed by atoms with Crippen LogP contribution in [-0.2, 0) is 4.79 Å². The van der Waals surface area contributed by atoms with Gasteiger partial charge in [-0.25, -0.2) is 0 Å². The zero-order chi connectivity index (χ0) is 15.2. The molecule has 108 valence electrons. The van der Waals surface area contributed by atoms with Crippen molar-refractivity contribution in [2.24, 2.45) is 0 Å². The average Bonchev–Trinajstić information content (AvgIpc) is 2.52. The zero-order valence-electron chi connectivity index (χ0n) is 12.9. The molecule has 0 saturated heterocycles. The highest BCUT2D eigenvalue weighted by Crippen LogP contribution is 2.25. The van der Waals surface area contributed by atoms with Gasteiger partial charge in [-0.2, -0.15) is 4.79 Å². The van der Waals surface area contributed by atoms with Crippen molar-refractivity contribution in [3.63, 3.8) is 0 Å². The lowest BCUT2D eigenvalue weighted by Gasteiger charge is -2.23. The monoisotopic (exact) mass is 288 g/mol. The Balaban J connectivity index is 3.14. The van der Waals surface area contributed by atoms with Crippen molar-refractivity contribution in [3.8, 4) is 0 Å². The molecule has 0 radical (unpaired) electrons. The van der Waals surface area contributed by atoms with Crippen molar-refractivity contribution in [2.45, 2.75) is 51.7 Å². The molecule has 0 heterocycles. The summed E-state index contributed by atoms with van der Waals surface area (Å²) in [6, 6.07) is 12.5. The average molecular weight is 288 g/mol. The summed E-state index contributed by atoms with van der Waals surface area (Å²) in [6.45, 7) is 8.20. The molecule has 0 aliphatic heterocycles. The normalized spacial score (nSPS) is 12.6. The van der Waals surface area contributed by atoms with Crippen LogP contribution in [0.4, 0.5) is 0 Å². The van der Waals surface area contributed by atoms with Crippen molar-refractivity contribution in [3.05, 3.63) is 41.4 Å².